The third kappa shape index (κ3) is 1.82. The van der Waals surface area contributed by atoms with Gasteiger partial charge >= 0.3 is 5.97 Å². The minimum atomic E-state index is -0.640. The molecule has 0 aromatic rings. The van der Waals surface area contributed by atoms with Crippen LogP contribution in [0, 0.1) is 16.2 Å². The van der Waals surface area contributed by atoms with Crippen LogP contribution in [-0.2, 0) is 4.79 Å². The molecule has 0 bridgehead atoms. The normalized spacial score (nSPS) is 29.0. The minimum absolute atomic E-state index is 0.193. The molecule has 1 N–H and O–H groups in total. The van der Waals surface area contributed by atoms with Gasteiger partial charge in [0, 0.05) is 0 Å². The molecule has 0 amide bonds. The number of hydrogen-bond donors (Lipinski definition) is 1. The Bertz CT molecular complexity index is 371. The predicted octanol–water partition coefficient (Wildman–Crippen LogP) is 4.01. The van der Waals surface area contributed by atoms with Crippen LogP contribution < -0.4 is 0 Å². The summed E-state index contributed by atoms with van der Waals surface area (Å²) in [5.74, 6) is -0.640. The van der Waals surface area contributed by atoms with Crippen LogP contribution in [0.1, 0.15) is 60.3 Å². The fourth-order valence-electron chi connectivity index (χ4n) is 3.43. The van der Waals surface area contributed by atoms with Crippen molar-refractivity contribution in [2.24, 2.45) is 16.2 Å². The molecule has 0 atom stereocenters. The van der Waals surface area contributed by atoms with Crippen molar-refractivity contribution in [3.63, 3.8) is 0 Å². The van der Waals surface area contributed by atoms with Crippen molar-refractivity contribution < 1.29 is 9.90 Å². The zero-order valence-corrected chi connectivity index (χ0v) is 11.7. The van der Waals surface area contributed by atoms with Crippen molar-refractivity contribution in [1.29, 1.82) is 0 Å². The molecule has 2 rings (SSSR count). The molecule has 0 fully saturated rings. The molecule has 0 spiro atoms. The Morgan fingerprint density at radius 1 is 0.941 bits per heavy atom. The Morgan fingerprint density at radius 3 is 1.59 bits per heavy atom. The molecular formula is C15H24O2. The van der Waals surface area contributed by atoms with E-state index in [1.165, 1.54) is 24.0 Å². The number of aliphatic carboxylic acids is 1. The fraction of sp³-hybridized carbons (Fsp3) is 0.800. The van der Waals surface area contributed by atoms with Gasteiger partial charge in [-0.2, -0.15) is 0 Å². The van der Waals surface area contributed by atoms with Crippen LogP contribution in [0.5, 0.6) is 0 Å². The van der Waals surface area contributed by atoms with E-state index in [0.29, 0.717) is 0 Å². The highest BCUT2D eigenvalue weighted by molar-refractivity contribution is 5.76. The van der Waals surface area contributed by atoms with Crippen molar-refractivity contribution in [1.82, 2.24) is 0 Å². The molecule has 2 heteroatoms. The first kappa shape index (κ1) is 12.7. The van der Waals surface area contributed by atoms with E-state index in [1.54, 1.807) is 0 Å². The number of carboxylic acid groups (broad SMARTS) is 1. The third-order valence-electron chi connectivity index (χ3n) is 5.02. The standard InChI is InChI=1S/C15H24O2/c1-13(2)6-7-14(3,4)11-9-15(5,12(16)17)8-10(11)13/h6-9H2,1-5H3,(H,16,17). The van der Waals surface area contributed by atoms with Gasteiger partial charge < -0.3 is 5.11 Å². The Kier molecular flexibility index (Phi) is 2.51. The lowest BCUT2D eigenvalue weighted by Gasteiger charge is -2.41. The van der Waals surface area contributed by atoms with E-state index in [0.717, 1.165) is 12.8 Å². The van der Waals surface area contributed by atoms with Crippen LogP contribution in [0.4, 0.5) is 0 Å². The lowest BCUT2D eigenvalue weighted by molar-refractivity contribution is -0.147. The summed E-state index contributed by atoms with van der Waals surface area (Å²) < 4.78 is 0. The summed E-state index contributed by atoms with van der Waals surface area (Å²) >= 11 is 0. The first-order valence-electron chi connectivity index (χ1n) is 6.55. The van der Waals surface area contributed by atoms with E-state index in [9.17, 15) is 9.90 Å². The van der Waals surface area contributed by atoms with Crippen molar-refractivity contribution in [3.05, 3.63) is 11.1 Å². The second-order valence-electron chi connectivity index (χ2n) is 7.44. The smallest absolute Gasteiger partial charge is 0.310 e. The number of allylic oxidation sites excluding steroid dienone is 2. The maximum absolute atomic E-state index is 11.5. The van der Waals surface area contributed by atoms with E-state index in [1.807, 2.05) is 6.92 Å². The lowest BCUT2D eigenvalue weighted by atomic mass is 9.64. The van der Waals surface area contributed by atoms with Crippen LogP contribution in [0.2, 0.25) is 0 Å². The molecule has 0 aliphatic heterocycles. The van der Waals surface area contributed by atoms with Gasteiger partial charge in [0.1, 0.15) is 0 Å². The van der Waals surface area contributed by atoms with Crippen molar-refractivity contribution >= 4 is 5.97 Å². The molecule has 2 nitrogen and oxygen atoms in total. The number of rotatable bonds is 1. The largest absolute Gasteiger partial charge is 0.481 e. The summed E-state index contributed by atoms with van der Waals surface area (Å²) in [6.07, 6.45) is 3.84. The zero-order chi connectivity index (χ0) is 13.1. The Hall–Kier alpha value is -0.790. The molecule has 0 radical (unpaired) electrons. The van der Waals surface area contributed by atoms with E-state index < -0.39 is 11.4 Å². The molecule has 0 aromatic carbocycles. The fourth-order valence-corrected chi connectivity index (χ4v) is 3.43. The van der Waals surface area contributed by atoms with Crippen LogP contribution >= 0.6 is 0 Å². The molecule has 0 saturated carbocycles. The molecular weight excluding hydrogens is 212 g/mol. The first-order valence-corrected chi connectivity index (χ1v) is 6.55. The maximum Gasteiger partial charge on any atom is 0.310 e. The molecule has 2 aliphatic carbocycles. The molecule has 96 valence electrons. The van der Waals surface area contributed by atoms with Crippen molar-refractivity contribution in [2.75, 3.05) is 0 Å². The lowest BCUT2D eigenvalue weighted by Crippen LogP contribution is -2.28. The average molecular weight is 236 g/mol. The highest BCUT2D eigenvalue weighted by Gasteiger charge is 2.50. The van der Waals surface area contributed by atoms with Crippen LogP contribution in [-0.4, -0.2) is 11.1 Å². The summed E-state index contributed by atoms with van der Waals surface area (Å²) in [7, 11) is 0. The maximum atomic E-state index is 11.5. The topological polar surface area (TPSA) is 37.3 Å². The molecule has 0 heterocycles. The molecule has 0 aromatic heterocycles. The molecule has 0 unspecified atom stereocenters. The second kappa shape index (κ2) is 3.37. The Balaban J connectivity index is 2.44. The zero-order valence-electron chi connectivity index (χ0n) is 11.7. The summed E-state index contributed by atoms with van der Waals surface area (Å²) in [4.78, 5) is 11.5. The third-order valence-corrected chi connectivity index (χ3v) is 5.02. The van der Waals surface area contributed by atoms with E-state index in [4.69, 9.17) is 0 Å². The van der Waals surface area contributed by atoms with Gasteiger partial charge in [0.15, 0.2) is 0 Å². The summed E-state index contributed by atoms with van der Waals surface area (Å²) in [5.41, 5.74) is 2.68. The first-order chi connectivity index (χ1) is 7.58. The monoisotopic (exact) mass is 236 g/mol. The van der Waals surface area contributed by atoms with Gasteiger partial charge in [-0.25, -0.2) is 0 Å². The highest BCUT2D eigenvalue weighted by atomic mass is 16.4. The molecule has 2 aliphatic rings. The second-order valence-corrected chi connectivity index (χ2v) is 7.44. The van der Waals surface area contributed by atoms with Gasteiger partial charge in [0.25, 0.3) is 0 Å². The SMILES string of the molecule is CC1(C)CCC(C)(C)C2=C1CC(C)(C(=O)O)C2. The van der Waals surface area contributed by atoms with E-state index in [-0.39, 0.29) is 10.8 Å². The Labute approximate surface area is 104 Å². The number of hydrogen-bond acceptors (Lipinski definition) is 1. The minimum Gasteiger partial charge on any atom is -0.481 e. The Morgan fingerprint density at radius 2 is 1.29 bits per heavy atom. The van der Waals surface area contributed by atoms with Gasteiger partial charge in [-0.15, -0.1) is 0 Å². The van der Waals surface area contributed by atoms with Gasteiger partial charge in [0.2, 0.25) is 0 Å². The van der Waals surface area contributed by atoms with Crippen LogP contribution in [0.3, 0.4) is 0 Å². The summed E-state index contributed by atoms with van der Waals surface area (Å²) in [5, 5.41) is 9.43. The molecule has 17 heavy (non-hydrogen) atoms. The van der Waals surface area contributed by atoms with Crippen molar-refractivity contribution in [3.8, 4) is 0 Å². The van der Waals surface area contributed by atoms with E-state index >= 15 is 0 Å². The van der Waals surface area contributed by atoms with Gasteiger partial charge in [0.05, 0.1) is 5.41 Å². The average Bonchev–Trinajstić information content (AvgIpc) is 2.56. The summed E-state index contributed by atoms with van der Waals surface area (Å²) in [6.45, 7) is 11.0. The van der Waals surface area contributed by atoms with E-state index in [2.05, 4.69) is 27.7 Å². The number of carboxylic acids is 1. The van der Waals surface area contributed by atoms with Gasteiger partial charge in [-0.3, -0.25) is 4.79 Å². The van der Waals surface area contributed by atoms with Crippen LogP contribution in [0.15, 0.2) is 11.1 Å². The quantitative estimate of drug-likeness (QED) is 0.698. The molecule has 0 saturated heterocycles. The number of carbonyl (C=O) groups is 1. The predicted molar refractivity (Wildman–Crippen MR) is 68.8 cm³/mol. The summed E-state index contributed by atoms with van der Waals surface area (Å²) in [6, 6.07) is 0. The van der Waals surface area contributed by atoms with Crippen LogP contribution in [0.25, 0.3) is 0 Å². The van der Waals surface area contributed by atoms with Gasteiger partial charge in [-0.1, -0.05) is 38.8 Å². The van der Waals surface area contributed by atoms with Crippen molar-refractivity contribution in [2.45, 2.75) is 60.3 Å². The highest BCUT2D eigenvalue weighted by Crippen LogP contribution is 2.59. The van der Waals surface area contributed by atoms with Gasteiger partial charge in [-0.05, 0) is 43.4 Å².